The molecule has 0 saturated heterocycles. The molecule has 1 saturated carbocycles. The van der Waals surface area contributed by atoms with E-state index >= 15 is 0 Å². The molecule has 1 aliphatic carbocycles. The first-order valence-electron chi connectivity index (χ1n) is 9.32. The van der Waals surface area contributed by atoms with Crippen molar-refractivity contribution in [3.63, 3.8) is 0 Å². The van der Waals surface area contributed by atoms with Crippen molar-refractivity contribution in [1.82, 2.24) is 15.5 Å². The van der Waals surface area contributed by atoms with Crippen molar-refractivity contribution in [2.24, 2.45) is 16.8 Å². The number of nitrogens with one attached hydrogen (secondary N) is 2. The molecule has 0 aromatic heterocycles. The van der Waals surface area contributed by atoms with Crippen LogP contribution in [0.25, 0.3) is 0 Å². The third-order valence-electron chi connectivity index (χ3n) is 4.54. The molecule has 0 bridgehead atoms. The van der Waals surface area contributed by atoms with Gasteiger partial charge in [0.05, 0.1) is 6.54 Å². The molecule has 2 N–H and O–H groups in total. The molecule has 5 nitrogen and oxygen atoms in total. The number of nitrogens with zero attached hydrogens (tertiary/aromatic N) is 2. The monoisotopic (exact) mass is 324 g/mol. The molecule has 0 heterocycles. The quantitative estimate of drug-likeness (QED) is 0.533. The van der Waals surface area contributed by atoms with Crippen LogP contribution < -0.4 is 10.6 Å². The number of guanidine groups is 1. The second kappa shape index (κ2) is 11.3. The van der Waals surface area contributed by atoms with Gasteiger partial charge in [-0.05, 0) is 38.0 Å². The van der Waals surface area contributed by atoms with E-state index in [2.05, 4.69) is 48.3 Å². The topological polar surface area (TPSA) is 56.7 Å². The Morgan fingerprint density at radius 2 is 1.87 bits per heavy atom. The van der Waals surface area contributed by atoms with Gasteiger partial charge in [-0.25, -0.2) is 0 Å². The highest BCUT2D eigenvalue weighted by molar-refractivity contribution is 5.80. The van der Waals surface area contributed by atoms with Crippen LogP contribution in [0.5, 0.6) is 0 Å². The van der Waals surface area contributed by atoms with Gasteiger partial charge in [0, 0.05) is 33.1 Å². The minimum absolute atomic E-state index is 0.0929. The maximum atomic E-state index is 11.6. The Morgan fingerprint density at radius 3 is 2.48 bits per heavy atom. The van der Waals surface area contributed by atoms with E-state index in [1.165, 1.54) is 25.7 Å². The van der Waals surface area contributed by atoms with Crippen molar-refractivity contribution < 1.29 is 4.79 Å². The molecule has 0 unspecified atom stereocenters. The van der Waals surface area contributed by atoms with E-state index < -0.39 is 0 Å². The maximum Gasteiger partial charge on any atom is 0.221 e. The molecule has 0 radical (unpaired) electrons. The SMILES string of the molecule is CCCNC(=O)CCN=C(NCC)N(C)CC1CCC(C)CC1. The summed E-state index contributed by atoms with van der Waals surface area (Å²) >= 11 is 0. The van der Waals surface area contributed by atoms with Gasteiger partial charge in [-0.15, -0.1) is 0 Å². The average Bonchev–Trinajstić information content (AvgIpc) is 2.54. The van der Waals surface area contributed by atoms with Crippen LogP contribution in [0.1, 0.15) is 59.3 Å². The molecule has 1 amide bonds. The predicted octanol–water partition coefficient (Wildman–Crippen LogP) is 2.63. The Labute approximate surface area is 142 Å². The summed E-state index contributed by atoms with van der Waals surface area (Å²) in [6.07, 6.45) is 6.78. The molecule has 0 spiro atoms. The van der Waals surface area contributed by atoms with E-state index in [-0.39, 0.29) is 5.91 Å². The van der Waals surface area contributed by atoms with Crippen LogP contribution in [-0.2, 0) is 4.79 Å². The molecule has 0 aromatic carbocycles. The van der Waals surface area contributed by atoms with Crippen molar-refractivity contribution in [2.75, 3.05) is 33.2 Å². The highest BCUT2D eigenvalue weighted by Gasteiger charge is 2.20. The third kappa shape index (κ3) is 8.24. The molecule has 134 valence electrons. The van der Waals surface area contributed by atoms with E-state index in [1.807, 2.05) is 0 Å². The standard InChI is InChI=1S/C18H36N4O/c1-5-12-20-17(23)11-13-21-18(19-6-2)22(4)14-16-9-7-15(3)8-10-16/h15-16H,5-14H2,1-4H3,(H,19,21)(H,20,23). The van der Waals surface area contributed by atoms with Gasteiger partial charge in [-0.1, -0.05) is 26.7 Å². The van der Waals surface area contributed by atoms with Gasteiger partial charge in [0.15, 0.2) is 5.96 Å². The minimum atomic E-state index is 0.0929. The molecule has 0 atom stereocenters. The van der Waals surface area contributed by atoms with E-state index in [9.17, 15) is 4.79 Å². The van der Waals surface area contributed by atoms with Gasteiger partial charge in [0.1, 0.15) is 0 Å². The summed E-state index contributed by atoms with van der Waals surface area (Å²) in [5.41, 5.74) is 0. The van der Waals surface area contributed by atoms with Crippen LogP contribution in [0.2, 0.25) is 0 Å². The van der Waals surface area contributed by atoms with Crippen molar-refractivity contribution in [2.45, 2.75) is 59.3 Å². The molecular formula is C18H36N4O. The van der Waals surface area contributed by atoms with Gasteiger partial charge < -0.3 is 15.5 Å². The minimum Gasteiger partial charge on any atom is -0.357 e. The maximum absolute atomic E-state index is 11.6. The first-order valence-corrected chi connectivity index (χ1v) is 9.32. The number of carbonyl (C=O) groups is 1. The van der Waals surface area contributed by atoms with Crippen LogP contribution in [0.4, 0.5) is 0 Å². The van der Waals surface area contributed by atoms with Gasteiger partial charge in [0.25, 0.3) is 0 Å². The molecule has 0 aliphatic heterocycles. The van der Waals surface area contributed by atoms with Gasteiger partial charge in [-0.3, -0.25) is 9.79 Å². The molecule has 5 heteroatoms. The van der Waals surface area contributed by atoms with Crippen LogP contribution in [-0.4, -0.2) is 50.0 Å². The first-order chi connectivity index (χ1) is 11.1. The van der Waals surface area contributed by atoms with Crippen molar-refractivity contribution in [3.05, 3.63) is 0 Å². The van der Waals surface area contributed by atoms with Crippen molar-refractivity contribution >= 4 is 11.9 Å². The lowest BCUT2D eigenvalue weighted by Crippen LogP contribution is -2.42. The fourth-order valence-corrected chi connectivity index (χ4v) is 3.07. The third-order valence-corrected chi connectivity index (χ3v) is 4.54. The van der Waals surface area contributed by atoms with Gasteiger partial charge in [0.2, 0.25) is 5.91 Å². The number of aliphatic imine (C=N–C) groups is 1. The fraction of sp³-hybridized carbons (Fsp3) is 0.889. The van der Waals surface area contributed by atoms with E-state index in [4.69, 9.17) is 0 Å². The van der Waals surface area contributed by atoms with Crippen LogP contribution in [0.3, 0.4) is 0 Å². The second-order valence-electron chi connectivity index (χ2n) is 6.84. The Morgan fingerprint density at radius 1 is 1.17 bits per heavy atom. The predicted molar refractivity (Wildman–Crippen MR) is 97.6 cm³/mol. The summed E-state index contributed by atoms with van der Waals surface area (Å²) in [7, 11) is 2.11. The molecule has 1 rings (SSSR count). The van der Waals surface area contributed by atoms with E-state index in [0.717, 1.165) is 43.9 Å². The van der Waals surface area contributed by atoms with Gasteiger partial charge in [-0.2, -0.15) is 0 Å². The number of carbonyl (C=O) groups excluding carboxylic acids is 1. The molecule has 1 fully saturated rings. The molecule has 23 heavy (non-hydrogen) atoms. The summed E-state index contributed by atoms with van der Waals surface area (Å²) in [4.78, 5) is 18.5. The normalized spacial score (nSPS) is 21.8. The summed E-state index contributed by atoms with van der Waals surface area (Å²) < 4.78 is 0. The fourth-order valence-electron chi connectivity index (χ4n) is 3.07. The highest BCUT2D eigenvalue weighted by atomic mass is 16.1. The zero-order valence-electron chi connectivity index (χ0n) is 15.5. The molecule has 1 aliphatic rings. The summed E-state index contributed by atoms with van der Waals surface area (Å²) in [5, 5.41) is 6.24. The first kappa shape index (κ1) is 19.8. The Hall–Kier alpha value is -1.26. The molecule has 0 aromatic rings. The smallest absolute Gasteiger partial charge is 0.221 e. The number of hydrogen-bond acceptors (Lipinski definition) is 2. The Bertz CT molecular complexity index is 362. The zero-order valence-corrected chi connectivity index (χ0v) is 15.5. The average molecular weight is 325 g/mol. The Balaban J connectivity index is 2.41. The zero-order chi connectivity index (χ0) is 17.1. The van der Waals surface area contributed by atoms with Crippen LogP contribution in [0, 0.1) is 11.8 Å². The van der Waals surface area contributed by atoms with Crippen LogP contribution >= 0.6 is 0 Å². The number of hydrogen-bond donors (Lipinski definition) is 2. The highest BCUT2D eigenvalue weighted by Crippen LogP contribution is 2.28. The summed E-state index contributed by atoms with van der Waals surface area (Å²) in [6.45, 7) is 9.71. The van der Waals surface area contributed by atoms with E-state index in [1.54, 1.807) is 0 Å². The summed E-state index contributed by atoms with van der Waals surface area (Å²) in [5.74, 6) is 2.68. The molecular weight excluding hydrogens is 288 g/mol. The van der Waals surface area contributed by atoms with Crippen molar-refractivity contribution in [3.8, 4) is 0 Å². The lowest BCUT2D eigenvalue weighted by atomic mass is 9.83. The second-order valence-corrected chi connectivity index (χ2v) is 6.84. The lowest BCUT2D eigenvalue weighted by molar-refractivity contribution is -0.120. The number of rotatable bonds is 8. The Kier molecular flexibility index (Phi) is 9.72. The lowest BCUT2D eigenvalue weighted by Gasteiger charge is -2.31. The van der Waals surface area contributed by atoms with Crippen LogP contribution in [0.15, 0.2) is 4.99 Å². The van der Waals surface area contributed by atoms with Crippen molar-refractivity contribution in [1.29, 1.82) is 0 Å². The largest absolute Gasteiger partial charge is 0.357 e. The van der Waals surface area contributed by atoms with Gasteiger partial charge >= 0.3 is 0 Å². The summed E-state index contributed by atoms with van der Waals surface area (Å²) in [6, 6.07) is 0. The van der Waals surface area contributed by atoms with E-state index in [0.29, 0.717) is 13.0 Å². The number of amides is 1.